The molecule has 1 aromatic carbocycles. The van der Waals surface area contributed by atoms with Crippen LogP contribution >= 0.6 is 11.6 Å². The SMILES string of the molecule is CC(C)CC(CN)NC(=O)C(C)c1cccc(Cl)c1. The van der Waals surface area contributed by atoms with Crippen molar-refractivity contribution in [2.75, 3.05) is 6.54 Å². The summed E-state index contributed by atoms with van der Waals surface area (Å²) in [6.45, 7) is 6.58. The third-order valence-electron chi connectivity index (χ3n) is 3.13. The average Bonchev–Trinajstić information content (AvgIpc) is 2.36. The number of hydrogen-bond acceptors (Lipinski definition) is 2. The third kappa shape index (κ3) is 5.21. The van der Waals surface area contributed by atoms with E-state index in [-0.39, 0.29) is 17.9 Å². The third-order valence-corrected chi connectivity index (χ3v) is 3.36. The van der Waals surface area contributed by atoms with Crippen LogP contribution in [0, 0.1) is 5.92 Å². The Balaban J connectivity index is 2.66. The number of carbonyl (C=O) groups is 1. The van der Waals surface area contributed by atoms with Crippen molar-refractivity contribution in [1.82, 2.24) is 5.32 Å². The molecule has 0 fully saturated rings. The van der Waals surface area contributed by atoms with Crippen LogP contribution in [0.25, 0.3) is 0 Å². The fourth-order valence-corrected chi connectivity index (χ4v) is 2.24. The minimum atomic E-state index is -0.222. The minimum absolute atomic E-state index is 0.00151. The zero-order valence-corrected chi connectivity index (χ0v) is 12.6. The highest BCUT2D eigenvalue weighted by Crippen LogP contribution is 2.19. The highest BCUT2D eigenvalue weighted by Gasteiger charge is 2.19. The van der Waals surface area contributed by atoms with Crippen LogP contribution in [-0.2, 0) is 4.79 Å². The van der Waals surface area contributed by atoms with E-state index in [0.717, 1.165) is 12.0 Å². The molecule has 2 unspecified atom stereocenters. The molecule has 0 saturated heterocycles. The molecular weight excluding hydrogens is 260 g/mol. The summed E-state index contributed by atoms with van der Waals surface area (Å²) in [4.78, 5) is 12.2. The van der Waals surface area contributed by atoms with Crippen molar-refractivity contribution in [3.8, 4) is 0 Å². The Hall–Kier alpha value is -1.06. The fourth-order valence-electron chi connectivity index (χ4n) is 2.04. The van der Waals surface area contributed by atoms with E-state index in [2.05, 4.69) is 19.2 Å². The monoisotopic (exact) mass is 282 g/mol. The zero-order valence-electron chi connectivity index (χ0n) is 11.8. The summed E-state index contributed by atoms with van der Waals surface area (Å²) in [7, 11) is 0. The van der Waals surface area contributed by atoms with Gasteiger partial charge in [-0.3, -0.25) is 4.79 Å². The summed E-state index contributed by atoms with van der Waals surface area (Å²) >= 11 is 5.94. The number of nitrogens with one attached hydrogen (secondary N) is 1. The second-order valence-corrected chi connectivity index (χ2v) is 5.78. The van der Waals surface area contributed by atoms with Crippen LogP contribution in [0.4, 0.5) is 0 Å². The first-order valence-electron chi connectivity index (χ1n) is 6.70. The van der Waals surface area contributed by atoms with Crippen molar-refractivity contribution in [2.45, 2.75) is 39.2 Å². The van der Waals surface area contributed by atoms with Gasteiger partial charge in [-0.2, -0.15) is 0 Å². The molecule has 0 radical (unpaired) electrons. The molecule has 0 saturated carbocycles. The maximum absolute atomic E-state index is 12.2. The number of amides is 1. The van der Waals surface area contributed by atoms with E-state index >= 15 is 0 Å². The van der Waals surface area contributed by atoms with E-state index in [1.807, 2.05) is 25.1 Å². The van der Waals surface area contributed by atoms with E-state index in [1.165, 1.54) is 0 Å². The zero-order chi connectivity index (χ0) is 14.4. The van der Waals surface area contributed by atoms with Gasteiger partial charge in [0.1, 0.15) is 0 Å². The largest absolute Gasteiger partial charge is 0.352 e. The van der Waals surface area contributed by atoms with Crippen LogP contribution in [0.15, 0.2) is 24.3 Å². The normalized spacial score (nSPS) is 14.2. The van der Waals surface area contributed by atoms with Crippen molar-refractivity contribution in [1.29, 1.82) is 0 Å². The van der Waals surface area contributed by atoms with Gasteiger partial charge in [-0.05, 0) is 37.0 Å². The summed E-state index contributed by atoms with van der Waals surface area (Å²) in [5.41, 5.74) is 6.62. The maximum atomic E-state index is 12.2. The van der Waals surface area contributed by atoms with Gasteiger partial charge in [0, 0.05) is 17.6 Å². The molecule has 0 bridgehead atoms. The summed E-state index contributed by atoms with van der Waals surface area (Å²) in [6, 6.07) is 7.43. The number of carbonyl (C=O) groups excluding carboxylic acids is 1. The van der Waals surface area contributed by atoms with Gasteiger partial charge in [-0.25, -0.2) is 0 Å². The summed E-state index contributed by atoms with van der Waals surface area (Å²) in [5, 5.41) is 3.66. The summed E-state index contributed by atoms with van der Waals surface area (Å²) < 4.78 is 0. The smallest absolute Gasteiger partial charge is 0.227 e. The molecule has 0 aliphatic carbocycles. The predicted octanol–water partition coefficient (Wildman–Crippen LogP) is 2.93. The van der Waals surface area contributed by atoms with Crippen LogP contribution in [-0.4, -0.2) is 18.5 Å². The topological polar surface area (TPSA) is 55.1 Å². The number of hydrogen-bond donors (Lipinski definition) is 2. The van der Waals surface area contributed by atoms with E-state index in [1.54, 1.807) is 6.07 Å². The molecule has 0 aliphatic heterocycles. The van der Waals surface area contributed by atoms with Crippen molar-refractivity contribution in [2.24, 2.45) is 11.7 Å². The second-order valence-electron chi connectivity index (χ2n) is 5.35. The lowest BCUT2D eigenvalue weighted by Gasteiger charge is -2.21. The molecule has 0 spiro atoms. The van der Waals surface area contributed by atoms with Gasteiger partial charge >= 0.3 is 0 Å². The second kappa shape index (κ2) is 7.51. The number of halogens is 1. The standard InChI is InChI=1S/C15H23ClN2O/c1-10(2)7-14(9-17)18-15(19)11(3)12-5-4-6-13(16)8-12/h4-6,8,10-11,14H,7,9,17H2,1-3H3,(H,18,19). The first kappa shape index (κ1) is 16.0. The minimum Gasteiger partial charge on any atom is -0.352 e. The van der Waals surface area contributed by atoms with Crippen molar-refractivity contribution in [3.05, 3.63) is 34.9 Å². The summed E-state index contributed by atoms with van der Waals surface area (Å²) in [6.07, 6.45) is 0.893. The van der Waals surface area contributed by atoms with Gasteiger partial charge in [0.05, 0.1) is 5.92 Å². The van der Waals surface area contributed by atoms with Crippen molar-refractivity contribution >= 4 is 17.5 Å². The van der Waals surface area contributed by atoms with Crippen molar-refractivity contribution < 1.29 is 4.79 Å². The Kier molecular flexibility index (Phi) is 6.32. The van der Waals surface area contributed by atoms with Gasteiger partial charge in [0.2, 0.25) is 5.91 Å². The molecule has 3 N–H and O–H groups in total. The molecule has 19 heavy (non-hydrogen) atoms. The van der Waals surface area contributed by atoms with Crippen LogP contribution < -0.4 is 11.1 Å². The Morgan fingerprint density at radius 3 is 2.58 bits per heavy atom. The van der Waals surface area contributed by atoms with Gasteiger partial charge in [0.15, 0.2) is 0 Å². The lowest BCUT2D eigenvalue weighted by atomic mass is 9.98. The van der Waals surface area contributed by atoms with Crippen LogP contribution in [0.1, 0.15) is 38.7 Å². The van der Waals surface area contributed by atoms with Gasteiger partial charge in [-0.15, -0.1) is 0 Å². The number of rotatable bonds is 6. The van der Waals surface area contributed by atoms with E-state index in [0.29, 0.717) is 17.5 Å². The average molecular weight is 283 g/mol. The Morgan fingerprint density at radius 1 is 1.37 bits per heavy atom. The molecule has 1 amide bonds. The van der Waals surface area contributed by atoms with Gasteiger partial charge in [-0.1, -0.05) is 37.6 Å². The van der Waals surface area contributed by atoms with Crippen LogP contribution in [0.3, 0.4) is 0 Å². The first-order valence-corrected chi connectivity index (χ1v) is 7.07. The highest BCUT2D eigenvalue weighted by atomic mass is 35.5. The van der Waals surface area contributed by atoms with Gasteiger partial charge in [0.25, 0.3) is 0 Å². The molecule has 3 nitrogen and oxygen atoms in total. The highest BCUT2D eigenvalue weighted by molar-refractivity contribution is 6.30. The van der Waals surface area contributed by atoms with Crippen LogP contribution in [0.5, 0.6) is 0 Å². The maximum Gasteiger partial charge on any atom is 0.227 e. The quantitative estimate of drug-likeness (QED) is 0.843. The molecule has 4 heteroatoms. The molecule has 106 valence electrons. The Bertz CT molecular complexity index is 420. The number of benzene rings is 1. The molecule has 0 aliphatic rings. The predicted molar refractivity (Wildman–Crippen MR) is 80.3 cm³/mol. The Labute approximate surface area is 120 Å². The summed E-state index contributed by atoms with van der Waals surface area (Å²) in [5.74, 6) is 0.286. The molecule has 1 rings (SSSR count). The molecule has 1 aromatic rings. The molecular formula is C15H23ClN2O. The van der Waals surface area contributed by atoms with Gasteiger partial charge < -0.3 is 11.1 Å². The molecule has 0 aromatic heterocycles. The van der Waals surface area contributed by atoms with E-state index in [4.69, 9.17) is 17.3 Å². The number of nitrogens with two attached hydrogens (primary N) is 1. The van der Waals surface area contributed by atoms with E-state index in [9.17, 15) is 4.79 Å². The van der Waals surface area contributed by atoms with E-state index < -0.39 is 0 Å². The Morgan fingerprint density at radius 2 is 2.05 bits per heavy atom. The lowest BCUT2D eigenvalue weighted by Crippen LogP contribution is -2.42. The van der Waals surface area contributed by atoms with Crippen molar-refractivity contribution in [3.63, 3.8) is 0 Å². The molecule has 2 atom stereocenters. The molecule has 0 heterocycles. The van der Waals surface area contributed by atoms with Crippen LogP contribution in [0.2, 0.25) is 5.02 Å². The first-order chi connectivity index (χ1) is 8.93. The lowest BCUT2D eigenvalue weighted by molar-refractivity contribution is -0.122. The fraction of sp³-hybridized carbons (Fsp3) is 0.533.